The second-order valence-corrected chi connectivity index (χ2v) is 7.11. The van der Waals surface area contributed by atoms with E-state index in [0.717, 1.165) is 10.5 Å². The first-order valence-corrected chi connectivity index (χ1v) is 9.18. The molecule has 1 amide bonds. The molecule has 0 aliphatic rings. The molecule has 3 rings (SSSR count). The number of methoxy groups -OCH3 is 1. The molecule has 1 atom stereocenters. The van der Waals surface area contributed by atoms with Crippen molar-refractivity contribution >= 4 is 28.8 Å². The average Bonchev–Trinajstić information content (AvgIpc) is 2.62. The lowest BCUT2D eigenvalue weighted by molar-refractivity contribution is -0.885. The van der Waals surface area contributed by atoms with E-state index in [1.165, 1.54) is 17.6 Å². The maximum atomic E-state index is 12.4. The molecule has 1 aromatic carbocycles. The smallest absolute Gasteiger partial charge is 0.279 e. The number of fused-ring (bicyclic) bond motifs is 1. The molecular formula is C20H22ClN4O3+. The number of pyridine rings is 1. The van der Waals surface area contributed by atoms with Gasteiger partial charge in [-0.25, -0.2) is 4.98 Å². The summed E-state index contributed by atoms with van der Waals surface area (Å²) < 4.78 is 6.76. The Kier molecular flexibility index (Phi) is 5.96. The third-order valence-electron chi connectivity index (χ3n) is 4.32. The number of quaternary nitrogens is 1. The third kappa shape index (κ3) is 4.49. The number of nitrogens with one attached hydrogen (secondary N) is 2. The molecule has 0 spiro atoms. The van der Waals surface area contributed by atoms with Crippen LogP contribution in [0.25, 0.3) is 5.65 Å². The van der Waals surface area contributed by atoms with Gasteiger partial charge < -0.3 is 15.0 Å². The van der Waals surface area contributed by atoms with Crippen molar-refractivity contribution in [2.45, 2.75) is 13.5 Å². The second-order valence-electron chi connectivity index (χ2n) is 6.67. The number of aryl methyl sites for hydroxylation is 1. The molecule has 0 aliphatic carbocycles. The van der Waals surface area contributed by atoms with E-state index in [9.17, 15) is 9.59 Å². The van der Waals surface area contributed by atoms with Crippen molar-refractivity contribution in [2.75, 3.05) is 26.0 Å². The molecule has 3 aromatic rings. The van der Waals surface area contributed by atoms with Crippen LogP contribution in [0, 0.1) is 6.92 Å². The van der Waals surface area contributed by atoms with Gasteiger partial charge in [0.1, 0.15) is 23.6 Å². The number of hydrogen-bond acceptors (Lipinski definition) is 4. The summed E-state index contributed by atoms with van der Waals surface area (Å²) in [5.74, 6) is 0.349. The number of hydrogen-bond donors (Lipinski definition) is 2. The van der Waals surface area contributed by atoms with Crippen LogP contribution in [-0.4, -0.2) is 36.0 Å². The lowest BCUT2D eigenvalue weighted by Gasteiger charge is -2.15. The van der Waals surface area contributed by atoms with Gasteiger partial charge in [-0.2, -0.15) is 0 Å². The Morgan fingerprint density at radius 3 is 2.86 bits per heavy atom. The fraction of sp³-hybridized carbons (Fsp3) is 0.250. The van der Waals surface area contributed by atoms with E-state index in [0.29, 0.717) is 34.3 Å². The van der Waals surface area contributed by atoms with Gasteiger partial charge in [-0.1, -0.05) is 17.7 Å². The summed E-state index contributed by atoms with van der Waals surface area (Å²) in [5.41, 5.74) is 2.58. The van der Waals surface area contributed by atoms with Crippen molar-refractivity contribution in [3.05, 3.63) is 69.2 Å². The third-order valence-corrected chi connectivity index (χ3v) is 4.56. The van der Waals surface area contributed by atoms with Crippen molar-refractivity contribution in [1.82, 2.24) is 9.38 Å². The number of carbonyl (C=O) groups is 1. The molecular weight excluding hydrogens is 380 g/mol. The van der Waals surface area contributed by atoms with Gasteiger partial charge in [-0.15, -0.1) is 0 Å². The Morgan fingerprint density at radius 2 is 2.11 bits per heavy atom. The number of nitrogens with zero attached hydrogens (tertiary/aromatic N) is 2. The van der Waals surface area contributed by atoms with Crippen LogP contribution < -0.4 is 20.5 Å². The molecule has 2 heterocycles. The molecule has 2 N–H and O–H groups in total. The highest BCUT2D eigenvalue weighted by atomic mass is 35.5. The first kappa shape index (κ1) is 19.9. The summed E-state index contributed by atoms with van der Waals surface area (Å²) in [6.45, 7) is 2.55. The molecule has 7 nitrogen and oxygen atoms in total. The average molecular weight is 402 g/mol. The Bertz CT molecular complexity index is 1080. The summed E-state index contributed by atoms with van der Waals surface area (Å²) in [7, 11) is 3.40. The summed E-state index contributed by atoms with van der Waals surface area (Å²) in [6, 6.07) is 10.3. The maximum Gasteiger partial charge on any atom is 0.279 e. The van der Waals surface area contributed by atoms with E-state index in [1.807, 2.05) is 26.1 Å². The number of anilines is 1. The number of benzene rings is 1. The molecule has 8 heteroatoms. The van der Waals surface area contributed by atoms with E-state index in [1.54, 1.807) is 24.4 Å². The Balaban J connectivity index is 1.70. The molecule has 2 aromatic heterocycles. The zero-order chi connectivity index (χ0) is 20.3. The number of likely N-dealkylation sites (N-methyl/N-ethyl adjacent to an activating group) is 1. The molecule has 28 heavy (non-hydrogen) atoms. The van der Waals surface area contributed by atoms with Gasteiger partial charge >= 0.3 is 0 Å². The topological polar surface area (TPSA) is 77.1 Å². The van der Waals surface area contributed by atoms with Crippen molar-refractivity contribution in [3.8, 4) is 5.75 Å². The predicted molar refractivity (Wildman–Crippen MR) is 108 cm³/mol. The highest BCUT2D eigenvalue weighted by Gasteiger charge is 2.15. The fourth-order valence-corrected chi connectivity index (χ4v) is 3.19. The van der Waals surface area contributed by atoms with E-state index in [4.69, 9.17) is 16.3 Å². The zero-order valence-electron chi connectivity index (χ0n) is 16.0. The Hall–Kier alpha value is -2.90. The first-order valence-electron chi connectivity index (χ1n) is 8.80. The minimum absolute atomic E-state index is 0.135. The number of ether oxygens (including phenoxy) is 1. The van der Waals surface area contributed by atoms with Crippen LogP contribution >= 0.6 is 11.6 Å². The van der Waals surface area contributed by atoms with E-state index in [-0.39, 0.29) is 18.0 Å². The van der Waals surface area contributed by atoms with Gasteiger partial charge in [-0.3, -0.25) is 14.0 Å². The van der Waals surface area contributed by atoms with Crippen molar-refractivity contribution in [2.24, 2.45) is 0 Å². The second kappa shape index (κ2) is 8.41. The van der Waals surface area contributed by atoms with E-state index >= 15 is 0 Å². The van der Waals surface area contributed by atoms with Crippen LogP contribution in [0.15, 0.2) is 47.4 Å². The molecule has 146 valence electrons. The standard InChI is InChI=1S/C20H21ClN4O3/c1-13-5-4-8-25-19(27)10-15(22-20(13)25)11-24(2)12-18(26)23-16-9-14(21)6-7-17(16)28-3/h4-10H,11-12H2,1-3H3,(H,23,26)/p+1. The van der Waals surface area contributed by atoms with Gasteiger partial charge in [0.15, 0.2) is 6.54 Å². The van der Waals surface area contributed by atoms with Gasteiger partial charge in [0.2, 0.25) is 0 Å². The van der Waals surface area contributed by atoms with Crippen LogP contribution in [0.1, 0.15) is 11.3 Å². The summed E-state index contributed by atoms with van der Waals surface area (Å²) >= 11 is 5.99. The van der Waals surface area contributed by atoms with E-state index in [2.05, 4.69) is 10.3 Å². The number of aromatic nitrogens is 2. The highest BCUT2D eigenvalue weighted by Crippen LogP contribution is 2.27. The summed E-state index contributed by atoms with van der Waals surface area (Å²) in [5, 5.41) is 3.32. The number of halogens is 1. The van der Waals surface area contributed by atoms with Crippen LogP contribution in [-0.2, 0) is 11.3 Å². The number of amides is 1. The van der Waals surface area contributed by atoms with Crippen LogP contribution in [0.3, 0.4) is 0 Å². The molecule has 0 aliphatic heterocycles. The SMILES string of the molecule is COc1ccc(Cl)cc1NC(=O)C[NH+](C)Cc1cc(=O)n2cccc(C)c2n1. The van der Waals surface area contributed by atoms with Crippen molar-refractivity contribution in [3.63, 3.8) is 0 Å². The molecule has 0 radical (unpaired) electrons. The van der Waals surface area contributed by atoms with Gasteiger partial charge in [0.25, 0.3) is 11.5 Å². The minimum atomic E-state index is -0.188. The zero-order valence-corrected chi connectivity index (χ0v) is 16.7. The molecule has 1 unspecified atom stereocenters. The number of carbonyl (C=O) groups excluding carboxylic acids is 1. The van der Waals surface area contributed by atoms with Gasteiger partial charge in [0, 0.05) is 17.3 Å². The normalized spacial score (nSPS) is 12.0. The fourth-order valence-electron chi connectivity index (χ4n) is 3.02. The molecule has 0 saturated carbocycles. The Labute approximate surface area is 167 Å². The summed E-state index contributed by atoms with van der Waals surface area (Å²) in [6.07, 6.45) is 1.70. The first-order chi connectivity index (χ1) is 13.4. The van der Waals surface area contributed by atoms with Crippen molar-refractivity contribution < 1.29 is 14.4 Å². The quantitative estimate of drug-likeness (QED) is 0.653. The lowest BCUT2D eigenvalue weighted by atomic mass is 10.2. The largest absolute Gasteiger partial charge is 0.495 e. The van der Waals surface area contributed by atoms with E-state index < -0.39 is 0 Å². The summed E-state index contributed by atoms with van der Waals surface area (Å²) in [4.78, 5) is 30.2. The number of rotatable bonds is 6. The molecule has 0 saturated heterocycles. The molecule has 0 bridgehead atoms. The monoisotopic (exact) mass is 401 g/mol. The Morgan fingerprint density at radius 1 is 1.32 bits per heavy atom. The highest BCUT2D eigenvalue weighted by molar-refractivity contribution is 6.31. The maximum absolute atomic E-state index is 12.4. The predicted octanol–water partition coefficient (Wildman–Crippen LogP) is 1.32. The molecule has 0 fully saturated rings. The van der Waals surface area contributed by atoms with Crippen LogP contribution in [0.5, 0.6) is 5.75 Å². The van der Waals surface area contributed by atoms with Gasteiger partial charge in [-0.05, 0) is 36.8 Å². The van der Waals surface area contributed by atoms with Gasteiger partial charge in [0.05, 0.1) is 19.8 Å². The lowest BCUT2D eigenvalue weighted by Crippen LogP contribution is -3.08. The minimum Gasteiger partial charge on any atom is -0.495 e. The van der Waals surface area contributed by atoms with Crippen molar-refractivity contribution in [1.29, 1.82) is 0 Å². The van der Waals surface area contributed by atoms with Crippen LogP contribution in [0.4, 0.5) is 5.69 Å². The van der Waals surface area contributed by atoms with Crippen LogP contribution in [0.2, 0.25) is 5.02 Å².